The van der Waals surface area contributed by atoms with Gasteiger partial charge >= 0.3 is 35.2 Å². The summed E-state index contributed by atoms with van der Waals surface area (Å²) in [6, 6.07) is 3.36. The largest absolute Gasteiger partial charge is 0.501 e. The summed E-state index contributed by atoms with van der Waals surface area (Å²) < 4.78 is 67.7. The van der Waals surface area contributed by atoms with Crippen molar-refractivity contribution in [3.63, 3.8) is 0 Å². The van der Waals surface area contributed by atoms with Crippen LogP contribution in [0, 0.1) is 0 Å². The molecule has 0 unspecified atom stereocenters. The smallest absolute Gasteiger partial charge is 0.377 e. The molecule has 24 heteroatoms. The lowest BCUT2D eigenvalue weighted by Gasteiger charge is -2.28. The van der Waals surface area contributed by atoms with Crippen molar-refractivity contribution in [3.05, 3.63) is 0 Å². The molecule has 0 aromatic rings. The van der Waals surface area contributed by atoms with E-state index in [0.29, 0.717) is 39.6 Å². The Kier molecular flexibility index (Phi) is 42.3. The quantitative estimate of drug-likeness (QED) is 0.0332. The minimum Gasteiger partial charge on any atom is -0.377 e. The predicted octanol–water partition coefficient (Wildman–Crippen LogP) is 9.96. The maximum absolute atomic E-state index is 5.88. The first-order valence-electron chi connectivity index (χ1n) is 17.4. The fourth-order valence-electron chi connectivity index (χ4n) is 4.36. The Morgan fingerprint density at radius 3 is 0.750 bits per heavy atom. The summed E-state index contributed by atoms with van der Waals surface area (Å²) in [6.07, 6.45) is 2.04. The molecule has 0 saturated carbocycles. The molecular weight excluding hydrogens is 897 g/mol. The topological polar surface area (TPSA) is 111 Å². The van der Waals surface area contributed by atoms with Gasteiger partial charge in [-0.15, -0.1) is 0 Å². The molecule has 0 saturated heterocycles. The number of rotatable bonds is 38. The predicted molar refractivity (Wildman–Crippen MR) is 243 cm³/mol. The third-order valence-corrected chi connectivity index (χ3v) is 32.3. The van der Waals surface area contributed by atoms with Gasteiger partial charge in [0.15, 0.2) is 0 Å². The first kappa shape index (κ1) is 57.3. The number of hydrogen-bond acceptors (Lipinski definition) is 20. The van der Waals surface area contributed by atoms with Crippen LogP contribution in [0.3, 0.4) is 0 Å². The Labute approximate surface area is 351 Å². The van der Waals surface area contributed by atoms with Crippen LogP contribution >= 0.6 is 82.5 Å². The third kappa shape index (κ3) is 27.0. The summed E-state index contributed by atoms with van der Waals surface area (Å²) in [5, 5.41) is 0. The van der Waals surface area contributed by atoms with Crippen LogP contribution in [0.1, 0.15) is 54.4 Å². The molecule has 0 aliphatic rings. The van der Waals surface area contributed by atoms with Crippen LogP contribution in [0.25, 0.3) is 0 Å². The molecule has 0 aliphatic heterocycles. The number of hydrogen-bond donors (Lipinski definition) is 0. The maximum atomic E-state index is 5.88. The van der Waals surface area contributed by atoms with E-state index in [9.17, 15) is 0 Å². The molecule has 52 heavy (non-hydrogen) atoms. The average Bonchev–Trinajstić information content (AvgIpc) is 3.15. The maximum Gasteiger partial charge on any atom is 0.501 e. The fourth-order valence-corrected chi connectivity index (χ4v) is 27.5. The standard InChI is InChI=1S/C16H38O6S4Si2.C12H30O6S4Si2/c1-7-17-27(18-8-2,19-9-3)15-13-23-25-26-24-14-16-28(20-10-4,21-11-5)22-12-6;1-13-23(14-2,15-3)11-7-9-19-21-22-20-10-8-12-24(16-4,17-5)18-6/h7-16H2,1-6H3;7-12H2,1-6H3. The highest BCUT2D eigenvalue weighted by Crippen LogP contribution is 2.45. The molecule has 0 spiro atoms. The molecule has 0 heterocycles. The van der Waals surface area contributed by atoms with Crippen LogP contribution < -0.4 is 0 Å². The normalized spacial score (nSPS) is 12.7. The molecular formula is C28H68O12S8Si4. The van der Waals surface area contributed by atoms with Gasteiger partial charge in [-0.3, -0.25) is 0 Å². The zero-order chi connectivity index (χ0) is 39.5. The summed E-state index contributed by atoms with van der Waals surface area (Å²) in [5.41, 5.74) is 0. The first-order chi connectivity index (χ1) is 25.1. The molecule has 0 fully saturated rings. The zero-order valence-electron chi connectivity index (χ0n) is 33.5. The lowest BCUT2D eigenvalue weighted by molar-refractivity contribution is 0.0721. The van der Waals surface area contributed by atoms with Gasteiger partial charge in [0, 0.05) is 129 Å². The summed E-state index contributed by atoms with van der Waals surface area (Å²) in [6.45, 7) is 15.7. The van der Waals surface area contributed by atoms with E-state index in [4.69, 9.17) is 53.1 Å². The van der Waals surface area contributed by atoms with Crippen molar-refractivity contribution in [2.24, 2.45) is 0 Å². The first-order valence-corrected chi connectivity index (χ1v) is 35.5. The van der Waals surface area contributed by atoms with Gasteiger partial charge in [-0.05, 0) is 93.7 Å². The van der Waals surface area contributed by atoms with E-state index < -0.39 is 35.2 Å². The molecule has 0 radical (unpaired) electrons. The molecule has 0 aliphatic carbocycles. The second kappa shape index (κ2) is 38.4. The van der Waals surface area contributed by atoms with Gasteiger partial charge in [-0.25, -0.2) is 0 Å². The molecule has 0 amide bonds. The van der Waals surface area contributed by atoms with Gasteiger partial charge in [0.1, 0.15) is 0 Å². The fraction of sp³-hybridized carbons (Fsp3) is 1.00. The Morgan fingerprint density at radius 1 is 0.308 bits per heavy atom. The molecule has 0 N–H and O–H groups in total. The van der Waals surface area contributed by atoms with E-state index in [1.54, 1.807) is 62.3 Å². The third-order valence-electron chi connectivity index (χ3n) is 6.70. The van der Waals surface area contributed by atoms with Crippen molar-refractivity contribution < 1.29 is 53.1 Å². The van der Waals surface area contributed by atoms with Crippen molar-refractivity contribution in [2.45, 2.75) is 78.6 Å². The molecule has 0 aromatic carbocycles. The minimum absolute atomic E-state index is 0.625. The van der Waals surface area contributed by atoms with E-state index in [2.05, 4.69) is 0 Å². The summed E-state index contributed by atoms with van der Waals surface area (Å²) in [4.78, 5) is 0. The van der Waals surface area contributed by atoms with E-state index in [1.807, 2.05) is 104 Å². The van der Waals surface area contributed by atoms with Gasteiger partial charge < -0.3 is 53.1 Å². The highest BCUT2D eigenvalue weighted by molar-refractivity contribution is 9.26. The average molecular weight is 966 g/mol. The summed E-state index contributed by atoms with van der Waals surface area (Å²) >= 11 is 0. The van der Waals surface area contributed by atoms with Crippen molar-refractivity contribution in [1.82, 2.24) is 0 Å². The van der Waals surface area contributed by atoms with Gasteiger partial charge in [0.25, 0.3) is 0 Å². The highest BCUT2D eigenvalue weighted by atomic mass is 33.7. The van der Waals surface area contributed by atoms with Crippen molar-refractivity contribution in [1.29, 1.82) is 0 Å². The SMILES string of the molecule is CCO[Si](CCSSSSCC[Si](OCC)(OCC)OCC)(OCC)OCC.CO[Si](CCCSSSSCCC[Si](OC)(OC)OC)(OC)OC. The second-order valence-electron chi connectivity index (χ2n) is 9.82. The minimum atomic E-state index is -2.52. The summed E-state index contributed by atoms with van der Waals surface area (Å²) in [7, 11) is 14.6. The highest BCUT2D eigenvalue weighted by Gasteiger charge is 2.41. The lowest BCUT2D eigenvalue weighted by Crippen LogP contribution is -2.46. The van der Waals surface area contributed by atoms with Gasteiger partial charge in [0.05, 0.1) is 0 Å². The van der Waals surface area contributed by atoms with E-state index in [1.165, 1.54) is 0 Å². The molecule has 12 nitrogen and oxygen atoms in total. The van der Waals surface area contributed by atoms with E-state index in [-0.39, 0.29) is 0 Å². The molecule has 0 rings (SSSR count). The van der Waals surface area contributed by atoms with Crippen molar-refractivity contribution >= 4 is 118 Å². The Hall–Kier alpha value is 3.19. The van der Waals surface area contributed by atoms with Gasteiger partial charge in [0.2, 0.25) is 0 Å². The van der Waals surface area contributed by atoms with Crippen molar-refractivity contribution in [3.8, 4) is 0 Å². The Balaban J connectivity index is 0. The molecule has 0 atom stereocenters. The molecule has 0 bridgehead atoms. The second-order valence-corrected chi connectivity index (χ2v) is 33.9. The van der Waals surface area contributed by atoms with Gasteiger partial charge in [-0.1, -0.05) is 43.2 Å². The van der Waals surface area contributed by atoms with Crippen LogP contribution in [-0.4, -0.2) is 141 Å². The lowest BCUT2D eigenvalue weighted by atomic mass is 10.6. The van der Waals surface area contributed by atoms with Crippen LogP contribution in [0.5, 0.6) is 0 Å². The van der Waals surface area contributed by atoms with Crippen LogP contribution in [0.15, 0.2) is 0 Å². The monoisotopic (exact) mass is 964 g/mol. The van der Waals surface area contributed by atoms with Crippen molar-refractivity contribution in [2.75, 3.05) is 105 Å². The Morgan fingerprint density at radius 2 is 0.538 bits per heavy atom. The molecule has 316 valence electrons. The van der Waals surface area contributed by atoms with E-state index in [0.717, 1.165) is 60.0 Å². The van der Waals surface area contributed by atoms with Crippen LogP contribution in [0.2, 0.25) is 24.2 Å². The Bertz CT molecular complexity index is 669. The zero-order valence-corrected chi connectivity index (χ0v) is 44.0. The van der Waals surface area contributed by atoms with Gasteiger partial charge in [-0.2, -0.15) is 0 Å². The van der Waals surface area contributed by atoms with Crippen LogP contribution in [0.4, 0.5) is 0 Å². The molecule has 0 aromatic heterocycles. The van der Waals surface area contributed by atoms with E-state index >= 15 is 0 Å². The van der Waals surface area contributed by atoms with Crippen LogP contribution in [-0.2, 0) is 53.1 Å². The summed E-state index contributed by atoms with van der Waals surface area (Å²) in [5.74, 6) is 3.99.